The van der Waals surface area contributed by atoms with Gasteiger partial charge in [0.15, 0.2) is 0 Å². The van der Waals surface area contributed by atoms with Crippen molar-refractivity contribution in [1.82, 2.24) is 20.2 Å². The lowest BCUT2D eigenvalue weighted by Crippen LogP contribution is -2.38. The van der Waals surface area contributed by atoms with Crippen LogP contribution in [0, 0.1) is 6.92 Å². The molecule has 0 saturated heterocycles. The molecule has 0 fully saturated rings. The molecule has 2 unspecified atom stereocenters. The summed E-state index contributed by atoms with van der Waals surface area (Å²) in [6, 6.07) is 21.9. The molecule has 0 amide bonds. The number of hydrazone groups is 1. The number of nitrogens with zero attached hydrogens (tertiary/aromatic N) is 6. The molecule has 2 N–H and O–H groups in total. The Morgan fingerprint density at radius 3 is 2.36 bits per heavy atom. The van der Waals surface area contributed by atoms with Crippen LogP contribution in [-0.2, 0) is 4.87 Å². The molecule has 4 aromatic rings. The van der Waals surface area contributed by atoms with E-state index < -0.39 is 4.87 Å². The van der Waals surface area contributed by atoms with Gasteiger partial charge in [0.25, 0.3) is 0 Å². The third-order valence-corrected chi connectivity index (χ3v) is 7.71. The van der Waals surface area contributed by atoms with Gasteiger partial charge < -0.3 is 5.73 Å². The maximum absolute atomic E-state index is 6.58. The lowest BCUT2D eigenvalue weighted by molar-refractivity contribution is 0.481. The van der Waals surface area contributed by atoms with E-state index in [4.69, 9.17) is 10.8 Å². The number of benzene rings is 1. The summed E-state index contributed by atoms with van der Waals surface area (Å²) in [5.41, 5.74) is 9.43. The van der Waals surface area contributed by atoms with Gasteiger partial charge in [-0.25, -0.2) is 5.01 Å². The van der Waals surface area contributed by atoms with Crippen LogP contribution in [0.5, 0.6) is 0 Å². The molecule has 1 aliphatic rings. The van der Waals surface area contributed by atoms with Crippen LogP contribution in [0.4, 0.5) is 5.13 Å². The predicted octanol–water partition coefficient (Wildman–Crippen LogP) is 4.88. The molecule has 166 valence electrons. The second-order valence-electron chi connectivity index (χ2n) is 7.69. The van der Waals surface area contributed by atoms with Crippen LogP contribution in [0.2, 0.25) is 0 Å². The van der Waals surface area contributed by atoms with Crippen LogP contribution in [0.3, 0.4) is 0 Å². The minimum Gasteiger partial charge on any atom is -0.323 e. The van der Waals surface area contributed by atoms with Crippen LogP contribution in [0.25, 0.3) is 0 Å². The first-order chi connectivity index (χ1) is 16.2. The zero-order valence-electron chi connectivity index (χ0n) is 18.1. The molecule has 0 saturated carbocycles. The largest absolute Gasteiger partial charge is 0.323 e. The highest BCUT2D eigenvalue weighted by Crippen LogP contribution is 2.52. The summed E-state index contributed by atoms with van der Waals surface area (Å²) in [6.45, 7) is 1.95. The van der Waals surface area contributed by atoms with Crippen molar-refractivity contribution in [2.45, 2.75) is 30.7 Å². The van der Waals surface area contributed by atoms with E-state index in [1.807, 2.05) is 54.4 Å². The Morgan fingerprint density at radius 2 is 1.70 bits per heavy atom. The number of hydrogen-bond acceptors (Lipinski definition) is 9. The van der Waals surface area contributed by atoms with Gasteiger partial charge in [-0.05, 0) is 49.6 Å². The van der Waals surface area contributed by atoms with Crippen molar-refractivity contribution in [3.63, 3.8) is 0 Å². The van der Waals surface area contributed by atoms with Gasteiger partial charge in [0.1, 0.15) is 14.9 Å². The van der Waals surface area contributed by atoms with Gasteiger partial charge in [0.2, 0.25) is 5.13 Å². The molecule has 2 atom stereocenters. The highest BCUT2D eigenvalue weighted by molar-refractivity contribution is 8.15. The molecule has 0 bridgehead atoms. The molecule has 1 aliphatic heterocycles. The predicted molar refractivity (Wildman–Crippen MR) is 134 cm³/mol. The van der Waals surface area contributed by atoms with Crippen molar-refractivity contribution in [3.8, 4) is 0 Å². The molecule has 0 spiro atoms. The second-order valence-corrected chi connectivity index (χ2v) is 10.1. The average molecular weight is 474 g/mol. The normalized spacial score (nSPS) is 18.8. The first kappa shape index (κ1) is 21.7. The number of aryl methyl sites for hydroxylation is 1. The standard InChI is InChI=1S/C24H23N7S2/c1-17-28-29-23(32-17)31-24(18-9-3-2-4-10-18,14-13-19(25)20-11-5-7-15-26-20)33-22(30-31)21-12-6-8-16-27-21/h2-12,15-16,19H,13-14,25H2,1H3. The van der Waals surface area contributed by atoms with E-state index in [9.17, 15) is 0 Å². The zero-order chi connectivity index (χ0) is 22.7. The molecule has 33 heavy (non-hydrogen) atoms. The van der Waals surface area contributed by atoms with Gasteiger partial charge in [-0.1, -0.05) is 65.6 Å². The lowest BCUT2D eigenvalue weighted by atomic mass is 9.97. The smallest absolute Gasteiger partial charge is 0.230 e. The molecule has 3 aromatic heterocycles. The van der Waals surface area contributed by atoms with E-state index in [0.717, 1.165) is 45.0 Å². The number of nitrogens with two attached hydrogens (primary N) is 1. The minimum atomic E-state index is -0.535. The Morgan fingerprint density at radius 1 is 0.939 bits per heavy atom. The van der Waals surface area contributed by atoms with Crippen LogP contribution in [-0.4, -0.2) is 25.2 Å². The third-order valence-electron chi connectivity index (χ3n) is 5.47. The van der Waals surface area contributed by atoms with E-state index in [2.05, 4.69) is 44.4 Å². The quantitative estimate of drug-likeness (QED) is 0.409. The van der Waals surface area contributed by atoms with Crippen molar-refractivity contribution in [2.24, 2.45) is 10.8 Å². The van der Waals surface area contributed by atoms with Gasteiger partial charge in [-0.15, -0.1) is 10.2 Å². The van der Waals surface area contributed by atoms with Gasteiger partial charge in [-0.3, -0.25) is 9.97 Å². The molecular formula is C24H23N7S2. The SMILES string of the molecule is Cc1nnc(N2N=C(c3ccccn3)SC2(CCC(N)c2ccccn2)c2ccccc2)s1. The maximum Gasteiger partial charge on any atom is 0.230 e. The molecule has 1 aromatic carbocycles. The molecule has 4 heterocycles. The number of thioether (sulfide) groups is 1. The Hall–Kier alpha value is -3.14. The van der Waals surface area contributed by atoms with Crippen LogP contribution in [0.15, 0.2) is 84.2 Å². The van der Waals surface area contributed by atoms with Crippen molar-refractivity contribution in [1.29, 1.82) is 0 Å². The third kappa shape index (κ3) is 4.39. The molecule has 0 radical (unpaired) electrons. The number of rotatable bonds is 7. The van der Waals surface area contributed by atoms with Gasteiger partial charge in [-0.2, -0.15) is 5.10 Å². The highest BCUT2D eigenvalue weighted by Gasteiger charge is 2.48. The van der Waals surface area contributed by atoms with E-state index >= 15 is 0 Å². The van der Waals surface area contributed by atoms with Crippen LogP contribution < -0.4 is 10.7 Å². The maximum atomic E-state index is 6.58. The number of aromatic nitrogens is 4. The fourth-order valence-corrected chi connectivity index (χ4v) is 5.96. The van der Waals surface area contributed by atoms with Gasteiger partial charge >= 0.3 is 0 Å². The topological polar surface area (TPSA) is 93.2 Å². The van der Waals surface area contributed by atoms with Crippen molar-refractivity contribution >= 4 is 33.3 Å². The lowest BCUT2D eigenvalue weighted by Gasteiger charge is -2.36. The number of pyridine rings is 2. The number of hydrogen-bond donors (Lipinski definition) is 1. The first-order valence-corrected chi connectivity index (χ1v) is 12.3. The zero-order valence-corrected chi connectivity index (χ0v) is 19.7. The van der Waals surface area contributed by atoms with Crippen molar-refractivity contribution < 1.29 is 0 Å². The van der Waals surface area contributed by atoms with Crippen LogP contribution in [0.1, 0.15) is 40.8 Å². The van der Waals surface area contributed by atoms with E-state index in [1.165, 1.54) is 11.3 Å². The van der Waals surface area contributed by atoms with Gasteiger partial charge in [0.05, 0.1) is 11.4 Å². The first-order valence-electron chi connectivity index (χ1n) is 10.7. The Kier molecular flexibility index (Phi) is 6.17. The summed E-state index contributed by atoms with van der Waals surface area (Å²) >= 11 is 3.22. The van der Waals surface area contributed by atoms with Crippen molar-refractivity contribution in [3.05, 3.63) is 101 Å². The molecular weight excluding hydrogens is 450 g/mol. The van der Waals surface area contributed by atoms with Crippen molar-refractivity contribution in [2.75, 3.05) is 5.01 Å². The summed E-state index contributed by atoms with van der Waals surface area (Å²) in [5.74, 6) is 0. The molecule has 9 heteroatoms. The summed E-state index contributed by atoms with van der Waals surface area (Å²) in [5, 5.41) is 18.2. The molecule has 7 nitrogen and oxygen atoms in total. The molecule has 5 rings (SSSR count). The Bertz CT molecular complexity index is 1230. The fourth-order valence-electron chi connectivity index (χ4n) is 3.83. The highest BCUT2D eigenvalue weighted by atomic mass is 32.2. The monoisotopic (exact) mass is 473 g/mol. The van der Waals surface area contributed by atoms with Gasteiger partial charge in [0, 0.05) is 18.4 Å². The van der Waals surface area contributed by atoms with E-state index in [1.54, 1.807) is 24.2 Å². The Balaban J connectivity index is 1.57. The summed E-state index contributed by atoms with van der Waals surface area (Å²) in [7, 11) is 0. The average Bonchev–Trinajstić information content (AvgIpc) is 3.48. The molecule has 0 aliphatic carbocycles. The Labute approximate surface area is 200 Å². The number of anilines is 1. The minimum absolute atomic E-state index is 0.190. The fraction of sp³-hybridized carbons (Fsp3) is 0.208. The summed E-state index contributed by atoms with van der Waals surface area (Å²) in [6.07, 6.45) is 5.03. The summed E-state index contributed by atoms with van der Waals surface area (Å²) < 4.78 is 0. The van der Waals surface area contributed by atoms with Crippen LogP contribution >= 0.6 is 23.1 Å². The van der Waals surface area contributed by atoms with E-state index in [-0.39, 0.29) is 6.04 Å². The van der Waals surface area contributed by atoms with E-state index in [0.29, 0.717) is 0 Å². The second kappa shape index (κ2) is 9.38. The summed E-state index contributed by atoms with van der Waals surface area (Å²) in [4.78, 5) is 8.47.